The van der Waals surface area contributed by atoms with Crippen LogP contribution < -0.4 is 11.5 Å². The highest BCUT2D eigenvalue weighted by atomic mass is 19.1. The molecule has 4 rings (SSSR count). The van der Waals surface area contributed by atoms with Crippen LogP contribution in [0.5, 0.6) is 0 Å². The summed E-state index contributed by atoms with van der Waals surface area (Å²) >= 11 is 0. The summed E-state index contributed by atoms with van der Waals surface area (Å²) in [7, 11) is 0. The van der Waals surface area contributed by atoms with E-state index in [4.69, 9.17) is 11.5 Å². The first-order valence-corrected chi connectivity index (χ1v) is 10.2. The van der Waals surface area contributed by atoms with E-state index in [0.29, 0.717) is 0 Å². The molecule has 0 saturated heterocycles. The van der Waals surface area contributed by atoms with E-state index < -0.39 is 11.6 Å². The zero-order chi connectivity index (χ0) is 22.0. The Morgan fingerprint density at radius 1 is 1.10 bits per heavy atom. The fourth-order valence-electron chi connectivity index (χ4n) is 4.23. The lowest BCUT2D eigenvalue weighted by Gasteiger charge is -2.28. The van der Waals surface area contributed by atoms with E-state index in [1.807, 2.05) is 6.07 Å². The highest BCUT2D eigenvalue weighted by Crippen LogP contribution is 2.34. The number of nitrogens with zero attached hydrogens (tertiary/aromatic N) is 3. The van der Waals surface area contributed by atoms with Crippen molar-refractivity contribution in [1.82, 2.24) is 15.0 Å². The quantitative estimate of drug-likeness (QED) is 0.604. The molecule has 2 atom stereocenters. The number of hydrogen-bond donors (Lipinski definition) is 2. The van der Waals surface area contributed by atoms with Gasteiger partial charge in [-0.1, -0.05) is 6.42 Å². The number of nitrogens with two attached hydrogens (primary N) is 2. The number of nitrogen functional groups attached to an aromatic ring is 1. The fraction of sp³-hybridized carbons (Fsp3) is 0.304. The van der Waals surface area contributed by atoms with E-state index >= 15 is 0 Å². The number of Topliss-reactive ketones (excluding diaryl/α,β-unsaturated/α-hetero) is 1. The monoisotopic (exact) mass is 423 g/mol. The fourth-order valence-corrected chi connectivity index (χ4v) is 4.23. The molecule has 8 heteroatoms. The minimum absolute atomic E-state index is 0.00993. The Hall–Kier alpha value is -3.26. The summed E-state index contributed by atoms with van der Waals surface area (Å²) in [5.41, 5.74) is 13.3. The summed E-state index contributed by atoms with van der Waals surface area (Å²) in [5, 5.41) is 0. The third kappa shape index (κ3) is 4.44. The van der Waals surface area contributed by atoms with Crippen molar-refractivity contribution in [3.05, 3.63) is 71.4 Å². The molecule has 6 nitrogen and oxygen atoms in total. The second-order valence-electron chi connectivity index (χ2n) is 7.91. The van der Waals surface area contributed by atoms with Crippen molar-refractivity contribution < 1.29 is 13.6 Å². The van der Waals surface area contributed by atoms with Crippen LogP contribution >= 0.6 is 0 Å². The smallest absolute Gasteiger partial charge is 0.187 e. The lowest BCUT2D eigenvalue weighted by Crippen LogP contribution is -2.27. The van der Waals surface area contributed by atoms with Crippen LogP contribution in [0.1, 0.15) is 53.2 Å². The molecule has 0 aromatic carbocycles. The Morgan fingerprint density at radius 2 is 1.87 bits per heavy atom. The predicted molar refractivity (Wildman–Crippen MR) is 113 cm³/mol. The van der Waals surface area contributed by atoms with Gasteiger partial charge in [-0.15, -0.1) is 0 Å². The zero-order valence-corrected chi connectivity index (χ0v) is 16.9. The van der Waals surface area contributed by atoms with Gasteiger partial charge in [0.05, 0.1) is 11.9 Å². The molecule has 0 bridgehead atoms. The summed E-state index contributed by atoms with van der Waals surface area (Å²) in [6.07, 6.45) is 9.56. The summed E-state index contributed by atoms with van der Waals surface area (Å²) in [6.45, 7) is 0. The van der Waals surface area contributed by atoms with Gasteiger partial charge in [-0.2, -0.15) is 0 Å². The third-order valence-corrected chi connectivity index (χ3v) is 5.74. The summed E-state index contributed by atoms with van der Waals surface area (Å²) < 4.78 is 28.6. The first-order chi connectivity index (χ1) is 14.9. The normalized spacial score (nSPS) is 18.7. The highest BCUT2D eigenvalue weighted by Gasteiger charge is 2.25. The molecule has 3 heterocycles. The van der Waals surface area contributed by atoms with Crippen LogP contribution in [0.2, 0.25) is 0 Å². The van der Waals surface area contributed by atoms with Crippen LogP contribution in [-0.4, -0.2) is 26.8 Å². The molecule has 0 amide bonds. The average Bonchev–Trinajstić information content (AvgIpc) is 2.75. The van der Waals surface area contributed by atoms with Gasteiger partial charge in [0.2, 0.25) is 0 Å². The number of hydrogen-bond acceptors (Lipinski definition) is 6. The molecule has 1 fully saturated rings. The van der Waals surface area contributed by atoms with Gasteiger partial charge in [0, 0.05) is 42.7 Å². The molecule has 160 valence electrons. The Balaban J connectivity index is 1.66. The van der Waals surface area contributed by atoms with E-state index in [-0.39, 0.29) is 46.8 Å². The van der Waals surface area contributed by atoms with Crippen molar-refractivity contribution in [1.29, 1.82) is 0 Å². The van der Waals surface area contributed by atoms with E-state index in [0.717, 1.165) is 49.1 Å². The van der Waals surface area contributed by atoms with Crippen LogP contribution in [0, 0.1) is 11.6 Å². The maximum Gasteiger partial charge on any atom is 0.187 e. The molecule has 1 aliphatic carbocycles. The Bertz CT molecular complexity index is 1120. The van der Waals surface area contributed by atoms with Crippen LogP contribution in [-0.2, 0) is 6.42 Å². The van der Waals surface area contributed by atoms with E-state index in [9.17, 15) is 13.6 Å². The molecule has 0 spiro atoms. The number of ketones is 1. The average molecular weight is 423 g/mol. The van der Waals surface area contributed by atoms with Crippen molar-refractivity contribution in [3.8, 4) is 11.3 Å². The lowest BCUT2D eigenvalue weighted by atomic mass is 9.80. The van der Waals surface area contributed by atoms with Crippen LogP contribution in [0.4, 0.5) is 14.5 Å². The number of carbonyl (C=O) groups excluding carboxylic acids is 1. The van der Waals surface area contributed by atoms with Crippen LogP contribution in [0.3, 0.4) is 0 Å². The molecule has 0 radical (unpaired) electrons. The number of anilines is 1. The number of halogens is 2. The van der Waals surface area contributed by atoms with Gasteiger partial charge < -0.3 is 11.5 Å². The molecular formula is C23H23F2N5O. The van der Waals surface area contributed by atoms with Gasteiger partial charge in [-0.25, -0.2) is 13.8 Å². The van der Waals surface area contributed by atoms with Gasteiger partial charge >= 0.3 is 0 Å². The highest BCUT2D eigenvalue weighted by molar-refractivity contribution is 6.00. The number of pyridine rings is 3. The van der Waals surface area contributed by atoms with Crippen LogP contribution in [0.25, 0.3) is 11.3 Å². The zero-order valence-electron chi connectivity index (χ0n) is 16.9. The third-order valence-electron chi connectivity index (χ3n) is 5.74. The van der Waals surface area contributed by atoms with E-state index in [1.165, 1.54) is 12.3 Å². The minimum atomic E-state index is -0.808. The maximum atomic E-state index is 14.5. The molecule has 0 aliphatic heterocycles. The van der Waals surface area contributed by atoms with Crippen molar-refractivity contribution >= 4 is 11.5 Å². The topological polar surface area (TPSA) is 108 Å². The standard InChI is InChI=1S/C23H23F2N5O/c24-18-10-20(27)23(30-22(18)17-5-7-29-12-19(17)25)21(31)9-14-11-28-6-4-16(14)13-2-1-3-15(26)8-13/h4-7,10-13,15H,1-3,8-9,26-27H2/t13-,15+/m1/s1. The SMILES string of the molecule is Nc1cc(F)c(-c2ccncc2F)nc1C(=O)Cc1cnccc1[C@@H]1CCC[C@H](N)C1. The summed E-state index contributed by atoms with van der Waals surface area (Å²) in [6, 6.07) is 4.36. The van der Waals surface area contributed by atoms with Crippen LogP contribution in [0.15, 0.2) is 43.0 Å². The molecule has 1 saturated carbocycles. The van der Waals surface area contributed by atoms with E-state index in [1.54, 1.807) is 12.4 Å². The largest absolute Gasteiger partial charge is 0.397 e. The lowest BCUT2D eigenvalue weighted by molar-refractivity contribution is 0.0988. The first-order valence-electron chi connectivity index (χ1n) is 10.2. The second-order valence-corrected chi connectivity index (χ2v) is 7.91. The van der Waals surface area contributed by atoms with Gasteiger partial charge in [0.1, 0.15) is 11.4 Å². The van der Waals surface area contributed by atoms with Gasteiger partial charge in [-0.3, -0.25) is 14.8 Å². The summed E-state index contributed by atoms with van der Waals surface area (Å²) in [4.78, 5) is 25.0. The number of aromatic nitrogens is 3. The van der Waals surface area contributed by atoms with Crippen molar-refractivity contribution in [3.63, 3.8) is 0 Å². The number of carbonyl (C=O) groups is 1. The van der Waals surface area contributed by atoms with Crippen molar-refractivity contribution in [2.45, 2.75) is 44.1 Å². The first kappa shape index (κ1) is 21.0. The molecule has 31 heavy (non-hydrogen) atoms. The second kappa shape index (κ2) is 8.85. The van der Waals surface area contributed by atoms with Gasteiger partial charge in [0.15, 0.2) is 17.4 Å². The van der Waals surface area contributed by atoms with Crippen molar-refractivity contribution in [2.24, 2.45) is 5.73 Å². The van der Waals surface area contributed by atoms with Crippen molar-refractivity contribution in [2.75, 3.05) is 5.73 Å². The Labute approximate surface area is 178 Å². The summed E-state index contributed by atoms with van der Waals surface area (Å²) in [5.74, 6) is -1.67. The molecule has 1 aliphatic rings. The molecule has 4 N–H and O–H groups in total. The predicted octanol–water partition coefficient (Wildman–Crippen LogP) is 3.81. The molecular weight excluding hydrogens is 400 g/mol. The van der Waals surface area contributed by atoms with Gasteiger partial charge in [0.25, 0.3) is 0 Å². The Morgan fingerprint density at radius 3 is 2.65 bits per heavy atom. The molecule has 3 aromatic heterocycles. The maximum absolute atomic E-state index is 14.5. The van der Waals surface area contributed by atoms with E-state index in [2.05, 4.69) is 15.0 Å². The van der Waals surface area contributed by atoms with Gasteiger partial charge in [-0.05, 0) is 48.4 Å². The number of rotatable bonds is 5. The Kier molecular flexibility index (Phi) is 5.99. The minimum Gasteiger partial charge on any atom is -0.397 e. The molecule has 3 aromatic rings. The molecule has 0 unspecified atom stereocenters.